The number of H-pyrrole nitrogens is 1. The smallest absolute Gasteiger partial charge is 0.260 e. The number of aromatic nitrogens is 2. The van der Waals surface area contributed by atoms with Gasteiger partial charge in [0.1, 0.15) is 0 Å². The van der Waals surface area contributed by atoms with Crippen molar-refractivity contribution in [2.24, 2.45) is 0 Å². The van der Waals surface area contributed by atoms with E-state index in [2.05, 4.69) is 28.7 Å². The first-order valence-electron chi connectivity index (χ1n) is 6.74. The van der Waals surface area contributed by atoms with Gasteiger partial charge in [0, 0.05) is 29.3 Å². The molecule has 6 heteroatoms. The first kappa shape index (κ1) is 13.3. The average molecular weight is 290 g/mol. The molecular weight excluding hydrogens is 272 g/mol. The van der Waals surface area contributed by atoms with Crippen molar-refractivity contribution in [1.29, 1.82) is 0 Å². The molecule has 0 radical (unpaired) electrons. The van der Waals surface area contributed by atoms with Crippen LogP contribution >= 0.6 is 11.8 Å². The van der Waals surface area contributed by atoms with E-state index in [0.717, 1.165) is 12.3 Å². The molecule has 2 aromatic rings. The third-order valence-corrected chi connectivity index (χ3v) is 5.21. The quantitative estimate of drug-likeness (QED) is 0.784. The second kappa shape index (κ2) is 5.01. The monoisotopic (exact) mass is 290 g/mol. The topological polar surface area (TPSA) is 75.0 Å². The fourth-order valence-electron chi connectivity index (χ4n) is 2.51. The maximum Gasteiger partial charge on any atom is 0.260 e. The van der Waals surface area contributed by atoms with Crippen molar-refractivity contribution < 1.29 is 0 Å². The van der Waals surface area contributed by atoms with Crippen LogP contribution in [0.25, 0.3) is 10.9 Å². The number of anilines is 2. The van der Waals surface area contributed by atoms with Crippen molar-refractivity contribution in [2.45, 2.75) is 25.1 Å². The second-order valence-corrected chi connectivity index (χ2v) is 6.66. The normalized spacial score (nSPS) is 23.2. The molecule has 1 aromatic carbocycles. The van der Waals surface area contributed by atoms with E-state index in [-0.39, 0.29) is 5.56 Å². The minimum atomic E-state index is -0.129. The summed E-state index contributed by atoms with van der Waals surface area (Å²) in [4.78, 5) is 21.9. The zero-order valence-electron chi connectivity index (χ0n) is 11.6. The van der Waals surface area contributed by atoms with Crippen molar-refractivity contribution in [3.63, 3.8) is 0 Å². The van der Waals surface area contributed by atoms with E-state index in [9.17, 15) is 4.79 Å². The van der Waals surface area contributed by atoms with E-state index in [1.54, 1.807) is 18.2 Å². The summed E-state index contributed by atoms with van der Waals surface area (Å²) in [6, 6.07) is 5.60. The van der Waals surface area contributed by atoms with Crippen LogP contribution in [0.3, 0.4) is 0 Å². The maximum atomic E-state index is 12.2. The highest BCUT2D eigenvalue weighted by molar-refractivity contribution is 8.00. The molecule has 0 saturated carbocycles. The molecule has 5 nitrogen and oxygen atoms in total. The Morgan fingerprint density at radius 3 is 3.05 bits per heavy atom. The molecule has 0 aliphatic carbocycles. The summed E-state index contributed by atoms with van der Waals surface area (Å²) >= 11 is 1.96. The first-order valence-corrected chi connectivity index (χ1v) is 7.79. The molecule has 0 spiro atoms. The Hall–Kier alpha value is -1.69. The Morgan fingerprint density at radius 1 is 1.45 bits per heavy atom. The first-order chi connectivity index (χ1) is 9.56. The summed E-state index contributed by atoms with van der Waals surface area (Å²) in [6.07, 6.45) is 0. The molecule has 0 bridgehead atoms. The second-order valence-electron chi connectivity index (χ2n) is 5.18. The summed E-state index contributed by atoms with van der Waals surface area (Å²) in [5.41, 5.74) is 6.86. The van der Waals surface area contributed by atoms with Gasteiger partial charge in [-0.2, -0.15) is 11.8 Å². The van der Waals surface area contributed by atoms with Crippen LogP contribution in [0, 0.1) is 0 Å². The van der Waals surface area contributed by atoms with Gasteiger partial charge in [-0.3, -0.25) is 9.78 Å². The minimum Gasteiger partial charge on any atom is -0.399 e. The van der Waals surface area contributed by atoms with Crippen LogP contribution in [0.4, 0.5) is 11.6 Å². The predicted molar refractivity (Wildman–Crippen MR) is 85.5 cm³/mol. The third-order valence-electron chi connectivity index (χ3n) is 3.87. The molecule has 20 heavy (non-hydrogen) atoms. The number of hydrogen-bond donors (Lipinski definition) is 2. The summed E-state index contributed by atoms with van der Waals surface area (Å²) < 4.78 is 0. The van der Waals surface area contributed by atoms with Crippen molar-refractivity contribution in [3.05, 3.63) is 28.6 Å². The number of hydrogen-bond acceptors (Lipinski definition) is 5. The molecule has 1 aliphatic rings. The van der Waals surface area contributed by atoms with Crippen LogP contribution in [0.2, 0.25) is 0 Å². The van der Waals surface area contributed by atoms with Gasteiger partial charge < -0.3 is 10.6 Å². The summed E-state index contributed by atoms with van der Waals surface area (Å²) in [5, 5.41) is 1.07. The van der Waals surface area contributed by atoms with E-state index in [1.807, 2.05) is 11.8 Å². The Balaban J connectivity index is 2.08. The van der Waals surface area contributed by atoms with E-state index >= 15 is 0 Å². The summed E-state index contributed by atoms with van der Waals surface area (Å²) in [5.74, 6) is 1.71. The lowest BCUT2D eigenvalue weighted by Gasteiger charge is -2.37. The molecule has 1 aromatic heterocycles. The molecule has 1 aliphatic heterocycles. The lowest BCUT2D eigenvalue weighted by Crippen LogP contribution is -2.46. The zero-order valence-corrected chi connectivity index (χ0v) is 12.4. The van der Waals surface area contributed by atoms with Crippen molar-refractivity contribution in [1.82, 2.24) is 9.97 Å². The van der Waals surface area contributed by atoms with Gasteiger partial charge in [-0.25, -0.2) is 4.98 Å². The van der Waals surface area contributed by atoms with Crippen LogP contribution in [0.5, 0.6) is 0 Å². The van der Waals surface area contributed by atoms with Crippen molar-refractivity contribution >= 4 is 34.3 Å². The Labute approximate surface area is 121 Å². The van der Waals surface area contributed by atoms with E-state index in [0.29, 0.717) is 33.8 Å². The van der Waals surface area contributed by atoms with E-state index < -0.39 is 0 Å². The van der Waals surface area contributed by atoms with Crippen molar-refractivity contribution in [3.8, 4) is 0 Å². The number of nitrogens with two attached hydrogens (primary N) is 1. The highest BCUT2D eigenvalue weighted by atomic mass is 32.2. The number of nitrogen functional groups attached to an aromatic ring is 1. The molecule has 2 heterocycles. The largest absolute Gasteiger partial charge is 0.399 e. The standard InChI is InChI=1S/C14H18N4OS/c1-8-9(2)20-6-5-18(8)14-16-12-4-3-10(15)7-11(12)13(19)17-14/h3-4,7-9H,5-6,15H2,1-2H3,(H,16,17,19). The van der Waals surface area contributed by atoms with Gasteiger partial charge in [0.2, 0.25) is 5.95 Å². The SMILES string of the molecule is CC1SCCN(c2nc3ccc(N)cc3c(=O)[nH]2)C1C. The molecule has 2 atom stereocenters. The van der Waals surface area contributed by atoms with Gasteiger partial charge in [-0.05, 0) is 25.1 Å². The lowest BCUT2D eigenvalue weighted by molar-refractivity contribution is 0.612. The molecule has 1 saturated heterocycles. The number of nitrogens with zero attached hydrogens (tertiary/aromatic N) is 2. The highest BCUT2D eigenvalue weighted by Gasteiger charge is 2.27. The predicted octanol–water partition coefficient (Wildman–Crippen LogP) is 1.84. The average Bonchev–Trinajstić information content (AvgIpc) is 2.42. The molecule has 0 amide bonds. The molecule has 2 unspecified atom stereocenters. The van der Waals surface area contributed by atoms with Crippen LogP contribution < -0.4 is 16.2 Å². The number of benzene rings is 1. The number of aromatic amines is 1. The van der Waals surface area contributed by atoms with Gasteiger partial charge in [0.05, 0.1) is 10.9 Å². The fraction of sp³-hybridized carbons (Fsp3) is 0.429. The Kier molecular flexibility index (Phi) is 3.33. The molecule has 3 N–H and O–H groups in total. The van der Waals surface area contributed by atoms with E-state index in [4.69, 9.17) is 5.73 Å². The van der Waals surface area contributed by atoms with Crippen LogP contribution in [-0.2, 0) is 0 Å². The van der Waals surface area contributed by atoms with Crippen LogP contribution in [0.1, 0.15) is 13.8 Å². The van der Waals surface area contributed by atoms with E-state index in [1.165, 1.54) is 0 Å². The Morgan fingerprint density at radius 2 is 2.25 bits per heavy atom. The minimum absolute atomic E-state index is 0.129. The highest BCUT2D eigenvalue weighted by Crippen LogP contribution is 2.27. The molecular formula is C14H18N4OS. The van der Waals surface area contributed by atoms with Crippen molar-refractivity contribution in [2.75, 3.05) is 22.9 Å². The van der Waals surface area contributed by atoms with Gasteiger partial charge in [-0.15, -0.1) is 0 Å². The van der Waals surface area contributed by atoms with Crippen LogP contribution in [0.15, 0.2) is 23.0 Å². The molecule has 106 valence electrons. The lowest BCUT2D eigenvalue weighted by atomic mass is 10.2. The van der Waals surface area contributed by atoms with Gasteiger partial charge >= 0.3 is 0 Å². The number of fused-ring (bicyclic) bond motifs is 1. The van der Waals surface area contributed by atoms with Gasteiger partial charge in [-0.1, -0.05) is 6.92 Å². The molecule has 1 fully saturated rings. The van der Waals surface area contributed by atoms with Gasteiger partial charge in [0.15, 0.2) is 0 Å². The van der Waals surface area contributed by atoms with Crippen LogP contribution in [-0.4, -0.2) is 33.6 Å². The maximum absolute atomic E-state index is 12.2. The summed E-state index contributed by atoms with van der Waals surface area (Å²) in [6.45, 7) is 5.28. The third kappa shape index (κ3) is 2.24. The van der Waals surface area contributed by atoms with Gasteiger partial charge in [0.25, 0.3) is 5.56 Å². The number of rotatable bonds is 1. The fourth-order valence-corrected chi connectivity index (χ4v) is 3.61. The molecule has 3 rings (SSSR count). The zero-order chi connectivity index (χ0) is 14.3. The Bertz CT molecular complexity index is 699. The number of thioether (sulfide) groups is 1. The number of nitrogens with one attached hydrogen (secondary N) is 1. The summed E-state index contributed by atoms with van der Waals surface area (Å²) in [7, 11) is 0.